The molecule has 0 heterocycles. The Morgan fingerprint density at radius 3 is 0.800 bits per heavy atom. The summed E-state index contributed by atoms with van der Waals surface area (Å²) in [5.74, 6) is 0. The van der Waals surface area contributed by atoms with E-state index in [0.29, 0.717) is 39.6 Å². The van der Waals surface area contributed by atoms with Crippen LogP contribution < -0.4 is 0 Å². The van der Waals surface area contributed by atoms with Gasteiger partial charge in [0.15, 0.2) is 0 Å². The first-order valence-electron chi connectivity index (χ1n) is 20.3. The van der Waals surface area contributed by atoms with Gasteiger partial charge in [-0.1, -0.05) is 194 Å². The number of hydrogen-bond acceptors (Lipinski definition) is 5. The van der Waals surface area contributed by atoms with Crippen molar-refractivity contribution in [3.05, 3.63) is 0 Å². The van der Waals surface area contributed by atoms with Gasteiger partial charge in [-0.05, 0) is 12.8 Å². The molecule has 2 atom stereocenters. The zero-order valence-electron chi connectivity index (χ0n) is 30.7. The number of aliphatic hydroxyl groups excluding tert-OH is 2. The molecule has 0 fully saturated rings. The molecule has 2 unspecified atom stereocenters. The topological polar surface area (TPSA) is 68.2 Å². The maximum absolute atomic E-state index is 10.1. The van der Waals surface area contributed by atoms with Gasteiger partial charge < -0.3 is 24.4 Å². The first-order chi connectivity index (χ1) is 22.2. The molecule has 0 amide bonds. The van der Waals surface area contributed by atoms with E-state index >= 15 is 0 Å². The monoisotopic (exact) mass is 643 g/mol. The molecular weight excluding hydrogens is 560 g/mol. The van der Waals surface area contributed by atoms with Gasteiger partial charge in [-0.15, -0.1) is 0 Å². The minimum absolute atomic E-state index is 0.369. The molecule has 45 heavy (non-hydrogen) atoms. The summed E-state index contributed by atoms with van der Waals surface area (Å²) in [4.78, 5) is 0. The van der Waals surface area contributed by atoms with Gasteiger partial charge in [-0.3, -0.25) is 0 Å². The van der Waals surface area contributed by atoms with Gasteiger partial charge in [0.1, 0.15) is 0 Å². The van der Waals surface area contributed by atoms with E-state index in [-0.39, 0.29) is 12.2 Å². The molecule has 0 aromatic rings. The standard InChI is InChI=1S/C40H82O5/c1-3-5-7-9-11-13-15-17-19-21-23-25-27-29-31-39(41)37-44-35-33-43-34-36-45-38-40(42)32-30-28-26-24-22-20-18-16-14-12-10-8-6-4-2/h39-42H,3-38H2,1-2H3. The van der Waals surface area contributed by atoms with Gasteiger partial charge in [-0.2, -0.15) is 0 Å². The molecule has 0 saturated heterocycles. The lowest BCUT2D eigenvalue weighted by atomic mass is 10.0. The average Bonchev–Trinajstić information content (AvgIpc) is 3.04. The van der Waals surface area contributed by atoms with Crippen LogP contribution in [0.1, 0.15) is 206 Å². The number of unbranched alkanes of at least 4 members (excludes halogenated alkanes) is 26. The molecule has 0 spiro atoms. The van der Waals surface area contributed by atoms with Crippen molar-refractivity contribution in [1.29, 1.82) is 0 Å². The highest BCUT2D eigenvalue weighted by molar-refractivity contribution is 4.57. The molecule has 5 nitrogen and oxygen atoms in total. The fourth-order valence-corrected chi connectivity index (χ4v) is 6.09. The van der Waals surface area contributed by atoms with Gasteiger partial charge in [0.25, 0.3) is 0 Å². The summed E-state index contributed by atoms with van der Waals surface area (Å²) in [6, 6.07) is 0. The second kappa shape index (κ2) is 40.0. The van der Waals surface area contributed by atoms with Crippen molar-refractivity contribution < 1.29 is 24.4 Å². The SMILES string of the molecule is CCCCCCCCCCCCCCCCC(O)COCCOCCOCC(O)CCCCCCCCCCCCCCCC. The lowest BCUT2D eigenvalue weighted by molar-refractivity contribution is -0.0237. The Bertz CT molecular complexity index is 473. The third kappa shape index (κ3) is 39.9. The highest BCUT2D eigenvalue weighted by atomic mass is 16.5. The Morgan fingerprint density at radius 2 is 0.533 bits per heavy atom. The van der Waals surface area contributed by atoms with Crippen LogP contribution in [0, 0.1) is 0 Å². The zero-order valence-corrected chi connectivity index (χ0v) is 30.7. The molecule has 0 aliphatic carbocycles. The molecule has 0 radical (unpaired) electrons. The molecule has 0 bridgehead atoms. The van der Waals surface area contributed by atoms with Crippen LogP contribution in [0.5, 0.6) is 0 Å². The fraction of sp³-hybridized carbons (Fsp3) is 1.00. The largest absolute Gasteiger partial charge is 0.391 e. The van der Waals surface area contributed by atoms with E-state index in [9.17, 15) is 10.2 Å². The third-order valence-corrected chi connectivity index (χ3v) is 9.15. The number of ether oxygens (including phenoxy) is 3. The number of rotatable bonds is 40. The Labute approximate surface area is 282 Å². The van der Waals surface area contributed by atoms with Crippen LogP contribution in [0.2, 0.25) is 0 Å². The van der Waals surface area contributed by atoms with E-state index in [4.69, 9.17) is 14.2 Å². The Hall–Kier alpha value is -0.200. The molecule has 0 rings (SSSR count). The molecule has 0 saturated carbocycles. The van der Waals surface area contributed by atoms with E-state index < -0.39 is 0 Å². The summed E-state index contributed by atoms with van der Waals surface area (Å²) in [7, 11) is 0. The normalized spacial score (nSPS) is 13.1. The maximum atomic E-state index is 10.1. The van der Waals surface area contributed by atoms with Crippen molar-refractivity contribution in [3.63, 3.8) is 0 Å². The van der Waals surface area contributed by atoms with Crippen LogP contribution in [0.4, 0.5) is 0 Å². The first kappa shape index (κ1) is 44.8. The van der Waals surface area contributed by atoms with Gasteiger partial charge in [0, 0.05) is 0 Å². The molecule has 0 aromatic heterocycles. The van der Waals surface area contributed by atoms with Gasteiger partial charge in [-0.25, -0.2) is 0 Å². The smallest absolute Gasteiger partial charge is 0.0773 e. The van der Waals surface area contributed by atoms with Crippen LogP contribution in [-0.4, -0.2) is 62.1 Å². The molecule has 5 heteroatoms. The molecular formula is C40H82O5. The minimum atomic E-state index is -0.369. The first-order valence-corrected chi connectivity index (χ1v) is 20.3. The average molecular weight is 643 g/mol. The van der Waals surface area contributed by atoms with Crippen molar-refractivity contribution in [1.82, 2.24) is 0 Å². The van der Waals surface area contributed by atoms with Gasteiger partial charge >= 0.3 is 0 Å². The van der Waals surface area contributed by atoms with E-state index in [1.165, 1.54) is 167 Å². The van der Waals surface area contributed by atoms with Gasteiger partial charge in [0.2, 0.25) is 0 Å². The van der Waals surface area contributed by atoms with Crippen LogP contribution in [0.25, 0.3) is 0 Å². The van der Waals surface area contributed by atoms with Crippen LogP contribution >= 0.6 is 0 Å². The minimum Gasteiger partial charge on any atom is -0.391 e. The highest BCUT2D eigenvalue weighted by Gasteiger charge is 2.06. The van der Waals surface area contributed by atoms with Crippen LogP contribution in [0.3, 0.4) is 0 Å². The van der Waals surface area contributed by atoms with Crippen molar-refractivity contribution in [2.24, 2.45) is 0 Å². The van der Waals surface area contributed by atoms with Crippen LogP contribution in [0.15, 0.2) is 0 Å². The molecule has 0 aromatic carbocycles. The predicted octanol–water partition coefficient (Wildman–Crippen LogP) is 11.5. The Kier molecular flexibility index (Phi) is 39.8. The van der Waals surface area contributed by atoms with Crippen LogP contribution in [-0.2, 0) is 14.2 Å². The summed E-state index contributed by atoms with van der Waals surface area (Å²) in [5.41, 5.74) is 0. The van der Waals surface area contributed by atoms with E-state index in [1.807, 2.05) is 0 Å². The lowest BCUT2D eigenvalue weighted by Gasteiger charge is -2.12. The lowest BCUT2D eigenvalue weighted by Crippen LogP contribution is -2.19. The zero-order chi connectivity index (χ0) is 32.7. The fourth-order valence-electron chi connectivity index (χ4n) is 6.09. The van der Waals surface area contributed by atoms with E-state index in [0.717, 1.165) is 25.7 Å². The summed E-state index contributed by atoms with van der Waals surface area (Å²) in [5, 5.41) is 20.3. The highest BCUT2D eigenvalue weighted by Crippen LogP contribution is 2.15. The van der Waals surface area contributed by atoms with Gasteiger partial charge in [0.05, 0.1) is 51.8 Å². The molecule has 2 N–H and O–H groups in total. The summed E-state index contributed by atoms with van der Waals surface area (Å²) >= 11 is 0. The van der Waals surface area contributed by atoms with E-state index in [2.05, 4.69) is 13.8 Å². The Balaban J connectivity index is 3.23. The summed E-state index contributed by atoms with van der Waals surface area (Å²) in [6.07, 6.45) is 38.8. The summed E-state index contributed by atoms with van der Waals surface area (Å²) in [6.45, 7) is 7.36. The molecule has 0 aliphatic heterocycles. The van der Waals surface area contributed by atoms with Crippen molar-refractivity contribution in [3.8, 4) is 0 Å². The Morgan fingerprint density at radius 1 is 0.311 bits per heavy atom. The summed E-state index contributed by atoms with van der Waals surface area (Å²) < 4.78 is 16.7. The van der Waals surface area contributed by atoms with E-state index in [1.54, 1.807) is 0 Å². The maximum Gasteiger partial charge on any atom is 0.0773 e. The van der Waals surface area contributed by atoms with Crippen molar-refractivity contribution in [2.45, 2.75) is 219 Å². The van der Waals surface area contributed by atoms with Crippen molar-refractivity contribution in [2.75, 3.05) is 39.6 Å². The third-order valence-electron chi connectivity index (χ3n) is 9.15. The number of hydrogen-bond donors (Lipinski definition) is 2. The second-order valence-corrected chi connectivity index (χ2v) is 13.8. The molecule has 0 aliphatic rings. The molecule has 272 valence electrons. The second-order valence-electron chi connectivity index (χ2n) is 13.8. The quantitative estimate of drug-likeness (QED) is 0.0651. The number of aliphatic hydroxyl groups is 2. The predicted molar refractivity (Wildman–Crippen MR) is 194 cm³/mol. The van der Waals surface area contributed by atoms with Crippen molar-refractivity contribution >= 4 is 0 Å².